The van der Waals surface area contributed by atoms with Crippen LogP contribution in [0.25, 0.3) is 0 Å². The average molecular weight is 383 g/mol. The highest BCUT2D eigenvalue weighted by Crippen LogP contribution is 2.37. The quantitative estimate of drug-likeness (QED) is 0.679. The molecule has 1 aliphatic heterocycles. The molecule has 1 fully saturated rings. The molecule has 3 nitrogen and oxygen atoms in total. The molecule has 6 heteroatoms. The van der Waals surface area contributed by atoms with Gasteiger partial charge in [-0.05, 0) is 42.7 Å². The fraction of sp³-hybridized carbons (Fsp3) is 0.316. The van der Waals surface area contributed by atoms with Crippen LogP contribution in [0.4, 0.5) is 10.1 Å². The lowest BCUT2D eigenvalue weighted by molar-refractivity contribution is -0.114. The Morgan fingerprint density at radius 1 is 1.48 bits per heavy atom. The molecule has 0 unspecified atom stereocenters. The van der Waals surface area contributed by atoms with Crippen LogP contribution in [0.15, 0.2) is 48.0 Å². The van der Waals surface area contributed by atoms with Crippen molar-refractivity contribution in [1.29, 1.82) is 0 Å². The maximum atomic E-state index is 14.0. The Kier molecular flexibility index (Phi) is 7.24. The normalized spacial score (nSPS) is 20.9. The highest BCUT2D eigenvalue weighted by atomic mass is 35.5. The predicted molar refractivity (Wildman–Crippen MR) is 103 cm³/mol. The van der Waals surface area contributed by atoms with E-state index in [1.54, 1.807) is 12.2 Å². The minimum atomic E-state index is -0.479. The summed E-state index contributed by atoms with van der Waals surface area (Å²) in [7, 11) is 0. The summed E-state index contributed by atoms with van der Waals surface area (Å²) < 4.78 is 14.0. The molecule has 1 saturated heterocycles. The zero-order valence-electron chi connectivity index (χ0n) is 14.0. The van der Waals surface area contributed by atoms with Crippen molar-refractivity contribution in [2.75, 3.05) is 18.4 Å². The second-order valence-corrected chi connectivity index (χ2v) is 6.82. The van der Waals surface area contributed by atoms with Gasteiger partial charge in [-0.1, -0.05) is 48.0 Å². The summed E-state index contributed by atoms with van der Waals surface area (Å²) in [5.41, 5.74) is 1.33. The van der Waals surface area contributed by atoms with Crippen molar-refractivity contribution in [1.82, 2.24) is 5.32 Å². The number of nitrogens with one attached hydrogen (secondary N) is 2. The van der Waals surface area contributed by atoms with Gasteiger partial charge in [0.25, 0.3) is 0 Å². The molecule has 0 radical (unpaired) electrons. The van der Waals surface area contributed by atoms with Gasteiger partial charge in [0.2, 0.25) is 5.91 Å². The van der Waals surface area contributed by atoms with Crippen LogP contribution in [0.2, 0.25) is 5.02 Å². The summed E-state index contributed by atoms with van der Waals surface area (Å²) in [6.45, 7) is 6.55. The summed E-state index contributed by atoms with van der Waals surface area (Å²) in [5, 5.41) is 6.66. The number of hydrogen-bond acceptors (Lipinski definition) is 2. The third-order valence-corrected chi connectivity index (χ3v) is 4.74. The lowest BCUT2D eigenvalue weighted by Crippen LogP contribution is -2.15. The molecule has 1 aromatic rings. The van der Waals surface area contributed by atoms with Gasteiger partial charge in [0.05, 0.1) is 5.02 Å². The Morgan fingerprint density at radius 3 is 2.92 bits per heavy atom. The van der Waals surface area contributed by atoms with E-state index in [1.807, 2.05) is 12.2 Å². The number of anilines is 1. The zero-order valence-corrected chi connectivity index (χ0v) is 15.5. The summed E-state index contributed by atoms with van der Waals surface area (Å²) in [5.74, 6) is -0.333. The van der Waals surface area contributed by atoms with E-state index in [0.29, 0.717) is 10.7 Å². The third-order valence-electron chi connectivity index (χ3n) is 4.17. The van der Waals surface area contributed by atoms with Gasteiger partial charge >= 0.3 is 0 Å². The van der Waals surface area contributed by atoms with Crippen LogP contribution < -0.4 is 10.6 Å². The largest absolute Gasteiger partial charge is 0.326 e. The number of hydrogen-bond donors (Lipinski definition) is 2. The van der Waals surface area contributed by atoms with E-state index < -0.39 is 5.82 Å². The lowest BCUT2D eigenvalue weighted by Gasteiger charge is -2.21. The van der Waals surface area contributed by atoms with Gasteiger partial charge in [-0.2, -0.15) is 0 Å². The van der Waals surface area contributed by atoms with Crippen molar-refractivity contribution in [2.45, 2.75) is 19.3 Å². The number of allylic oxidation sites excluding steroid dienone is 5. The van der Waals surface area contributed by atoms with Crippen LogP contribution in [-0.4, -0.2) is 19.0 Å². The number of benzene rings is 1. The number of halogens is 3. The number of carbonyl (C=O) groups excluding carboxylic acids is 1. The maximum absolute atomic E-state index is 14.0. The first-order valence-electron chi connectivity index (χ1n) is 8.04. The second-order valence-electron chi connectivity index (χ2n) is 5.98. The Bertz CT molecular complexity index is 716. The number of carbonyl (C=O) groups is 1. The molecular formula is C19H21Cl2FN2O. The van der Waals surface area contributed by atoms with E-state index in [-0.39, 0.29) is 22.8 Å². The van der Waals surface area contributed by atoms with Gasteiger partial charge < -0.3 is 10.6 Å². The molecule has 0 aliphatic carbocycles. The standard InChI is InChI=1S/C19H21Cl2FN2O/c1-3-14(20)7-5-4-6-13-10-23-11-16(13)15-8-18(22)17(21)9-19(15)24-12(2)25/h3-5,7-9,13,16,23H,1,6,10-11H2,2H3,(H,24,25)/b5-4-,14-7+/t13-,16+/m0/s1. The molecule has 0 spiro atoms. The van der Waals surface area contributed by atoms with Crippen molar-refractivity contribution < 1.29 is 9.18 Å². The predicted octanol–water partition coefficient (Wildman–Crippen LogP) is 5.00. The van der Waals surface area contributed by atoms with Gasteiger partial charge in [-0.3, -0.25) is 4.79 Å². The average Bonchev–Trinajstić information content (AvgIpc) is 3.02. The molecule has 2 atom stereocenters. The van der Waals surface area contributed by atoms with E-state index in [2.05, 4.69) is 17.2 Å². The minimum Gasteiger partial charge on any atom is -0.326 e. The van der Waals surface area contributed by atoms with E-state index in [1.165, 1.54) is 19.1 Å². The summed E-state index contributed by atoms with van der Waals surface area (Å²) in [6, 6.07) is 2.90. The van der Waals surface area contributed by atoms with Crippen LogP contribution >= 0.6 is 23.2 Å². The smallest absolute Gasteiger partial charge is 0.221 e. The van der Waals surface area contributed by atoms with Crippen molar-refractivity contribution in [3.8, 4) is 0 Å². The fourth-order valence-electron chi connectivity index (χ4n) is 2.99. The van der Waals surface area contributed by atoms with Crippen molar-refractivity contribution in [2.24, 2.45) is 5.92 Å². The van der Waals surface area contributed by atoms with Crippen molar-refractivity contribution >= 4 is 34.8 Å². The molecule has 1 amide bonds. The first kappa shape index (κ1) is 19.7. The first-order chi connectivity index (χ1) is 11.9. The molecule has 2 rings (SSSR count). The van der Waals surface area contributed by atoms with Gasteiger partial charge in [0, 0.05) is 30.1 Å². The summed E-state index contributed by atoms with van der Waals surface area (Å²) >= 11 is 11.7. The Labute approximate surface area is 157 Å². The van der Waals surface area contributed by atoms with Crippen LogP contribution in [0.1, 0.15) is 24.8 Å². The molecule has 1 heterocycles. The number of amides is 1. The second kappa shape index (κ2) is 9.18. The van der Waals surface area contributed by atoms with Gasteiger partial charge in [0.1, 0.15) is 5.82 Å². The van der Waals surface area contributed by atoms with Crippen LogP contribution in [0, 0.1) is 11.7 Å². The van der Waals surface area contributed by atoms with Crippen molar-refractivity contribution in [3.05, 3.63) is 64.5 Å². The Hall–Kier alpha value is -1.62. The molecule has 0 bridgehead atoms. The monoisotopic (exact) mass is 382 g/mol. The molecule has 1 aliphatic rings. The number of rotatable bonds is 6. The molecule has 0 aromatic heterocycles. The third kappa shape index (κ3) is 5.43. The van der Waals surface area contributed by atoms with E-state index in [0.717, 1.165) is 25.1 Å². The van der Waals surface area contributed by atoms with E-state index in [4.69, 9.17) is 23.2 Å². The molecular weight excluding hydrogens is 362 g/mol. The van der Waals surface area contributed by atoms with Crippen molar-refractivity contribution in [3.63, 3.8) is 0 Å². The highest BCUT2D eigenvalue weighted by Gasteiger charge is 2.30. The Balaban J connectivity index is 2.22. The SMILES string of the molecule is C=C/C(Cl)=C\C=C/C[C@H]1CNC[C@H]1c1cc(F)c(Cl)cc1NC(C)=O. The van der Waals surface area contributed by atoms with Gasteiger partial charge in [-0.25, -0.2) is 4.39 Å². The van der Waals surface area contributed by atoms with Gasteiger partial charge in [-0.15, -0.1) is 0 Å². The molecule has 0 saturated carbocycles. The first-order valence-corrected chi connectivity index (χ1v) is 8.80. The maximum Gasteiger partial charge on any atom is 0.221 e. The molecule has 1 aromatic carbocycles. The molecule has 134 valence electrons. The van der Waals surface area contributed by atoms with E-state index in [9.17, 15) is 9.18 Å². The van der Waals surface area contributed by atoms with Crippen LogP contribution in [-0.2, 0) is 4.79 Å². The highest BCUT2D eigenvalue weighted by molar-refractivity contribution is 6.31. The molecule has 25 heavy (non-hydrogen) atoms. The fourth-order valence-corrected chi connectivity index (χ4v) is 3.23. The minimum absolute atomic E-state index is 0.000828. The molecule has 2 N–H and O–H groups in total. The summed E-state index contributed by atoms with van der Waals surface area (Å²) in [6.07, 6.45) is 8.06. The lowest BCUT2D eigenvalue weighted by atomic mass is 9.85. The van der Waals surface area contributed by atoms with E-state index >= 15 is 0 Å². The van der Waals surface area contributed by atoms with Crippen LogP contribution in [0.3, 0.4) is 0 Å². The van der Waals surface area contributed by atoms with Crippen LogP contribution in [0.5, 0.6) is 0 Å². The topological polar surface area (TPSA) is 41.1 Å². The summed E-state index contributed by atoms with van der Waals surface area (Å²) in [4.78, 5) is 11.5. The Morgan fingerprint density at radius 2 is 2.24 bits per heavy atom. The van der Waals surface area contributed by atoms with Gasteiger partial charge in [0.15, 0.2) is 0 Å². The zero-order chi connectivity index (χ0) is 18.4.